The van der Waals surface area contributed by atoms with Crippen molar-refractivity contribution >= 4 is 6.09 Å². The number of nitrogens with zero attached hydrogens (tertiary/aromatic N) is 1. The van der Waals surface area contributed by atoms with Crippen molar-refractivity contribution in [2.75, 3.05) is 6.54 Å². The van der Waals surface area contributed by atoms with Gasteiger partial charge in [0, 0.05) is 13.1 Å². The summed E-state index contributed by atoms with van der Waals surface area (Å²) < 4.78 is 5.35. The maximum atomic E-state index is 11.9. The van der Waals surface area contributed by atoms with Crippen molar-refractivity contribution in [1.29, 1.82) is 0 Å². The Morgan fingerprint density at radius 2 is 1.90 bits per heavy atom. The Balaban J connectivity index is 0.000000956. The number of fused-ring (bicyclic) bond motifs is 1. The van der Waals surface area contributed by atoms with E-state index in [4.69, 9.17) is 4.74 Å². The van der Waals surface area contributed by atoms with Crippen LogP contribution < -0.4 is 0 Å². The number of ether oxygens (including phenoxy) is 1. The molecule has 0 atom stereocenters. The molecule has 4 heteroatoms. The quantitative estimate of drug-likeness (QED) is 0.787. The van der Waals surface area contributed by atoms with E-state index in [2.05, 4.69) is 0 Å². The number of rotatable bonds is 0. The molecule has 0 bridgehead atoms. The van der Waals surface area contributed by atoms with Gasteiger partial charge in [0.15, 0.2) is 0 Å². The molecule has 2 rings (SSSR count). The molecule has 0 saturated heterocycles. The average molecular weight is 279 g/mol. The molecule has 1 heterocycles. The fraction of sp³-hybridized carbons (Fsp3) is 0.562. The highest BCUT2D eigenvalue weighted by atomic mass is 16.6. The lowest BCUT2D eigenvalue weighted by Gasteiger charge is -2.31. The second-order valence-corrected chi connectivity index (χ2v) is 5.60. The SMILES string of the molecule is CC.CC(C)(C)OC(=O)N1CCc2cc(O)ccc2C1. The lowest BCUT2D eigenvalue weighted by molar-refractivity contribution is 0.0224. The van der Waals surface area contributed by atoms with Gasteiger partial charge in [-0.1, -0.05) is 19.9 Å². The van der Waals surface area contributed by atoms with Gasteiger partial charge < -0.3 is 14.7 Å². The number of aromatic hydroxyl groups is 1. The third kappa shape index (κ3) is 4.44. The first-order chi connectivity index (χ1) is 9.35. The number of carbonyl (C=O) groups excluding carboxylic acids is 1. The van der Waals surface area contributed by atoms with Crippen LogP contribution in [0.5, 0.6) is 5.75 Å². The molecule has 1 aromatic carbocycles. The second-order valence-electron chi connectivity index (χ2n) is 5.60. The number of amides is 1. The van der Waals surface area contributed by atoms with Crippen molar-refractivity contribution in [2.45, 2.75) is 53.2 Å². The topological polar surface area (TPSA) is 49.8 Å². The van der Waals surface area contributed by atoms with Gasteiger partial charge in [-0.15, -0.1) is 0 Å². The molecule has 0 spiro atoms. The first-order valence-corrected chi connectivity index (χ1v) is 7.14. The van der Waals surface area contributed by atoms with E-state index in [0.717, 1.165) is 17.5 Å². The molecule has 112 valence electrons. The molecule has 1 aliphatic rings. The summed E-state index contributed by atoms with van der Waals surface area (Å²) in [7, 11) is 0. The summed E-state index contributed by atoms with van der Waals surface area (Å²) in [5, 5.41) is 9.41. The predicted molar refractivity (Wildman–Crippen MR) is 79.8 cm³/mol. The van der Waals surface area contributed by atoms with Crippen LogP contribution in [0.3, 0.4) is 0 Å². The van der Waals surface area contributed by atoms with E-state index in [9.17, 15) is 9.90 Å². The summed E-state index contributed by atoms with van der Waals surface area (Å²) in [5.41, 5.74) is 1.71. The Bertz CT molecular complexity index is 463. The minimum atomic E-state index is -0.466. The van der Waals surface area contributed by atoms with E-state index in [0.29, 0.717) is 13.1 Å². The summed E-state index contributed by atoms with van der Waals surface area (Å²) in [6, 6.07) is 5.28. The monoisotopic (exact) mass is 279 g/mol. The summed E-state index contributed by atoms with van der Waals surface area (Å²) in [5.74, 6) is 0.277. The Kier molecular flexibility index (Phi) is 5.43. The van der Waals surface area contributed by atoms with E-state index in [1.807, 2.05) is 40.7 Å². The molecule has 1 aliphatic heterocycles. The van der Waals surface area contributed by atoms with Crippen molar-refractivity contribution in [2.24, 2.45) is 0 Å². The number of hydrogen-bond acceptors (Lipinski definition) is 3. The van der Waals surface area contributed by atoms with E-state index in [-0.39, 0.29) is 11.8 Å². The van der Waals surface area contributed by atoms with Gasteiger partial charge in [0.1, 0.15) is 11.4 Å². The molecule has 0 fully saturated rings. The Morgan fingerprint density at radius 3 is 2.50 bits per heavy atom. The van der Waals surface area contributed by atoms with Gasteiger partial charge in [-0.3, -0.25) is 0 Å². The minimum absolute atomic E-state index is 0.277. The summed E-state index contributed by atoms with van der Waals surface area (Å²) in [6.45, 7) is 10.8. The minimum Gasteiger partial charge on any atom is -0.508 e. The molecular formula is C16H25NO3. The van der Waals surface area contributed by atoms with Gasteiger partial charge in [0.05, 0.1) is 0 Å². The fourth-order valence-corrected chi connectivity index (χ4v) is 2.02. The average Bonchev–Trinajstić information content (AvgIpc) is 2.38. The molecule has 1 aromatic rings. The van der Waals surface area contributed by atoms with Gasteiger partial charge in [0.25, 0.3) is 0 Å². The van der Waals surface area contributed by atoms with Crippen LogP contribution in [-0.4, -0.2) is 28.2 Å². The first kappa shape index (κ1) is 16.3. The zero-order chi connectivity index (χ0) is 15.3. The van der Waals surface area contributed by atoms with Crippen LogP contribution in [-0.2, 0) is 17.7 Å². The Hall–Kier alpha value is -1.71. The first-order valence-electron chi connectivity index (χ1n) is 7.14. The molecule has 1 amide bonds. The molecule has 0 unspecified atom stereocenters. The highest BCUT2D eigenvalue weighted by molar-refractivity contribution is 5.68. The van der Waals surface area contributed by atoms with Crippen LogP contribution in [0.2, 0.25) is 0 Å². The largest absolute Gasteiger partial charge is 0.508 e. The lowest BCUT2D eigenvalue weighted by Crippen LogP contribution is -2.39. The third-order valence-electron chi connectivity index (χ3n) is 2.85. The Morgan fingerprint density at radius 1 is 1.25 bits per heavy atom. The zero-order valence-electron chi connectivity index (χ0n) is 13.1. The molecule has 1 N–H and O–H groups in total. The van der Waals surface area contributed by atoms with Gasteiger partial charge in [-0.25, -0.2) is 4.79 Å². The summed E-state index contributed by atoms with van der Waals surface area (Å²) >= 11 is 0. The van der Waals surface area contributed by atoms with Crippen LogP contribution in [0.15, 0.2) is 18.2 Å². The van der Waals surface area contributed by atoms with Gasteiger partial charge in [-0.2, -0.15) is 0 Å². The normalized spacial score (nSPS) is 13.9. The Labute approximate surface area is 121 Å². The number of hydrogen-bond donors (Lipinski definition) is 1. The number of phenolic OH excluding ortho intramolecular Hbond substituents is 1. The van der Waals surface area contributed by atoms with Crippen LogP contribution >= 0.6 is 0 Å². The van der Waals surface area contributed by atoms with E-state index in [1.165, 1.54) is 0 Å². The third-order valence-corrected chi connectivity index (χ3v) is 2.85. The molecule has 0 radical (unpaired) electrons. The molecule has 0 aliphatic carbocycles. The van der Waals surface area contributed by atoms with Gasteiger partial charge in [0.2, 0.25) is 0 Å². The molecule has 4 nitrogen and oxygen atoms in total. The summed E-state index contributed by atoms with van der Waals surface area (Å²) in [6.07, 6.45) is 0.476. The predicted octanol–water partition coefficient (Wildman–Crippen LogP) is 3.71. The van der Waals surface area contributed by atoms with Crippen LogP contribution in [0.25, 0.3) is 0 Å². The summed E-state index contributed by atoms with van der Waals surface area (Å²) in [4.78, 5) is 13.6. The van der Waals surface area contributed by atoms with Gasteiger partial charge in [-0.05, 0) is 50.5 Å². The maximum absolute atomic E-state index is 11.9. The molecule has 0 saturated carbocycles. The zero-order valence-corrected chi connectivity index (χ0v) is 13.1. The lowest BCUT2D eigenvalue weighted by atomic mass is 10.00. The van der Waals surface area contributed by atoms with Crippen molar-refractivity contribution in [3.8, 4) is 5.75 Å². The van der Waals surface area contributed by atoms with Crippen molar-refractivity contribution in [3.05, 3.63) is 29.3 Å². The fourth-order valence-electron chi connectivity index (χ4n) is 2.02. The van der Waals surface area contributed by atoms with Crippen LogP contribution in [0.1, 0.15) is 45.7 Å². The highest BCUT2D eigenvalue weighted by Gasteiger charge is 2.25. The smallest absolute Gasteiger partial charge is 0.410 e. The van der Waals surface area contributed by atoms with E-state index >= 15 is 0 Å². The number of phenols is 1. The highest BCUT2D eigenvalue weighted by Crippen LogP contribution is 2.24. The second kappa shape index (κ2) is 6.64. The number of carbonyl (C=O) groups is 1. The van der Waals surface area contributed by atoms with Gasteiger partial charge >= 0.3 is 6.09 Å². The van der Waals surface area contributed by atoms with Crippen LogP contribution in [0, 0.1) is 0 Å². The molecule has 0 aromatic heterocycles. The van der Waals surface area contributed by atoms with E-state index in [1.54, 1.807) is 17.0 Å². The maximum Gasteiger partial charge on any atom is 0.410 e. The van der Waals surface area contributed by atoms with Crippen molar-refractivity contribution in [1.82, 2.24) is 4.90 Å². The molecular weight excluding hydrogens is 254 g/mol. The van der Waals surface area contributed by atoms with Crippen molar-refractivity contribution < 1.29 is 14.6 Å². The number of benzene rings is 1. The van der Waals surface area contributed by atoms with Crippen molar-refractivity contribution in [3.63, 3.8) is 0 Å². The van der Waals surface area contributed by atoms with Crippen LogP contribution in [0.4, 0.5) is 4.79 Å². The van der Waals surface area contributed by atoms with E-state index < -0.39 is 5.60 Å². The standard InChI is InChI=1S/C14H19NO3.C2H6/c1-14(2,3)18-13(17)15-7-6-10-8-12(16)5-4-11(10)9-15;1-2/h4-5,8,16H,6-7,9H2,1-3H3;1-2H3. The molecule has 20 heavy (non-hydrogen) atoms.